The van der Waals surface area contributed by atoms with Crippen LogP contribution in [0, 0.1) is 7.05 Å². The fourth-order valence-corrected chi connectivity index (χ4v) is 1.60. The van der Waals surface area contributed by atoms with Gasteiger partial charge in [0, 0.05) is 19.3 Å². The van der Waals surface area contributed by atoms with Crippen molar-refractivity contribution >= 4 is 5.69 Å². The van der Waals surface area contributed by atoms with Crippen molar-refractivity contribution in [3.05, 3.63) is 37.4 Å². The topological polar surface area (TPSA) is 12.5 Å². The van der Waals surface area contributed by atoms with Crippen molar-refractivity contribution in [1.29, 1.82) is 0 Å². The molecule has 69 valence electrons. The second kappa shape index (κ2) is 3.79. The zero-order valence-corrected chi connectivity index (χ0v) is 7.65. The summed E-state index contributed by atoms with van der Waals surface area (Å²) in [5, 5.41) is 0. The highest BCUT2D eigenvalue weighted by Crippen LogP contribution is 2.19. The minimum atomic E-state index is 0.447. The van der Waals surface area contributed by atoms with Gasteiger partial charge in [0.1, 0.15) is 0 Å². The third-order valence-electron chi connectivity index (χ3n) is 2.43. The van der Waals surface area contributed by atoms with Crippen LogP contribution in [0.5, 0.6) is 0 Å². The molecule has 0 spiro atoms. The van der Waals surface area contributed by atoms with Gasteiger partial charge < -0.3 is 9.64 Å². The monoisotopic (exact) mass is 176 g/mol. The predicted molar refractivity (Wildman–Crippen MR) is 53.5 cm³/mol. The molecule has 0 N–H and O–H groups in total. The summed E-state index contributed by atoms with van der Waals surface area (Å²) in [5.74, 6) is 0. The van der Waals surface area contributed by atoms with E-state index in [2.05, 4.69) is 19.2 Å². The summed E-state index contributed by atoms with van der Waals surface area (Å²) < 4.78 is 5.32. The number of benzene rings is 1. The Bertz CT molecular complexity index is 254. The summed E-state index contributed by atoms with van der Waals surface area (Å²) in [6.07, 6.45) is 1.08. The molecule has 1 atom stereocenters. The average molecular weight is 176 g/mol. The van der Waals surface area contributed by atoms with Crippen molar-refractivity contribution in [2.24, 2.45) is 0 Å². The molecule has 1 aliphatic rings. The van der Waals surface area contributed by atoms with E-state index in [0.29, 0.717) is 6.04 Å². The van der Waals surface area contributed by atoms with Crippen LogP contribution in [0.25, 0.3) is 0 Å². The molecular formula is C11H14NO. The van der Waals surface area contributed by atoms with Crippen LogP contribution in [0.3, 0.4) is 0 Å². The van der Waals surface area contributed by atoms with Gasteiger partial charge in [0.05, 0.1) is 12.6 Å². The van der Waals surface area contributed by atoms with Gasteiger partial charge in [-0.25, -0.2) is 0 Å². The lowest BCUT2D eigenvalue weighted by Gasteiger charge is -2.24. The van der Waals surface area contributed by atoms with Crippen LogP contribution < -0.4 is 4.90 Å². The van der Waals surface area contributed by atoms with Gasteiger partial charge in [-0.15, -0.1) is 0 Å². The van der Waals surface area contributed by atoms with Crippen LogP contribution in [-0.2, 0) is 4.74 Å². The maximum Gasteiger partial charge on any atom is 0.0670 e. The molecule has 1 aromatic rings. The van der Waals surface area contributed by atoms with Crippen molar-refractivity contribution in [1.82, 2.24) is 0 Å². The van der Waals surface area contributed by atoms with Crippen LogP contribution in [-0.4, -0.2) is 19.3 Å². The highest BCUT2D eigenvalue weighted by Gasteiger charge is 2.20. The van der Waals surface area contributed by atoms with E-state index in [9.17, 15) is 0 Å². The molecule has 1 radical (unpaired) electrons. The zero-order valence-electron chi connectivity index (χ0n) is 7.65. The lowest BCUT2D eigenvalue weighted by Crippen LogP contribution is -2.29. The molecule has 0 amide bonds. The average Bonchev–Trinajstić information content (AvgIpc) is 2.71. The first-order valence-electron chi connectivity index (χ1n) is 4.60. The van der Waals surface area contributed by atoms with Crippen molar-refractivity contribution in [2.45, 2.75) is 12.5 Å². The first kappa shape index (κ1) is 8.57. The summed E-state index contributed by atoms with van der Waals surface area (Å²) >= 11 is 0. The highest BCUT2D eigenvalue weighted by atomic mass is 16.5. The molecule has 0 aliphatic carbocycles. The molecule has 2 rings (SSSR count). The second-order valence-corrected chi connectivity index (χ2v) is 3.32. The Balaban J connectivity index is 2.08. The molecule has 2 nitrogen and oxygen atoms in total. The Morgan fingerprint density at radius 3 is 2.69 bits per heavy atom. The van der Waals surface area contributed by atoms with Crippen molar-refractivity contribution < 1.29 is 4.74 Å². The number of hydrogen-bond acceptors (Lipinski definition) is 2. The van der Waals surface area contributed by atoms with Crippen LogP contribution in [0.4, 0.5) is 5.69 Å². The smallest absolute Gasteiger partial charge is 0.0670 e. The summed E-state index contributed by atoms with van der Waals surface area (Å²) in [7, 11) is 4.04. The van der Waals surface area contributed by atoms with Crippen molar-refractivity contribution in [2.75, 3.05) is 18.1 Å². The summed E-state index contributed by atoms with van der Waals surface area (Å²) in [5.41, 5.74) is 1.16. The lowest BCUT2D eigenvalue weighted by molar-refractivity contribution is 0.194. The van der Waals surface area contributed by atoms with Crippen molar-refractivity contribution in [3.8, 4) is 0 Å². The van der Waals surface area contributed by atoms with Crippen LogP contribution >= 0.6 is 0 Å². The van der Waals surface area contributed by atoms with Gasteiger partial charge in [0.15, 0.2) is 0 Å². The number of hydrogen-bond donors (Lipinski definition) is 0. The molecule has 0 saturated carbocycles. The van der Waals surface area contributed by atoms with E-state index in [-0.39, 0.29) is 0 Å². The van der Waals surface area contributed by atoms with Crippen LogP contribution in [0.15, 0.2) is 30.3 Å². The van der Waals surface area contributed by atoms with Gasteiger partial charge in [0.2, 0.25) is 0 Å². The molecule has 2 heteroatoms. The minimum absolute atomic E-state index is 0.447. The number of para-hydroxylation sites is 1. The SMILES string of the molecule is [CH2]N(c1ccccc1)C1CCOC1. The van der Waals surface area contributed by atoms with Gasteiger partial charge in [-0.3, -0.25) is 0 Å². The van der Waals surface area contributed by atoms with Crippen LogP contribution in [0.1, 0.15) is 6.42 Å². The third kappa shape index (κ3) is 1.83. The number of ether oxygens (including phenoxy) is 1. The molecule has 1 heterocycles. The zero-order chi connectivity index (χ0) is 9.10. The van der Waals surface area contributed by atoms with E-state index in [4.69, 9.17) is 4.74 Å². The summed E-state index contributed by atoms with van der Waals surface area (Å²) in [6.45, 7) is 1.67. The van der Waals surface area contributed by atoms with E-state index < -0.39 is 0 Å². The predicted octanol–water partition coefficient (Wildman–Crippen LogP) is 2.07. The lowest BCUT2D eigenvalue weighted by atomic mass is 10.2. The Kier molecular flexibility index (Phi) is 2.50. The molecule has 1 aromatic carbocycles. The quantitative estimate of drug-likeness (QED) is 0.684. The number of nitrogens with zero attached hydrogens (tertiary/aromatic N) is 1. The molecule has 0 bridgehead atoms. The van der Waals surface area contributed by atoms with Gasteiger partial charge >= 0.3 is 0 Å². The molecule has 0 aromatic heterocycles. The van der Waals surface area contributed by atoms with E-state index in [0.717, 1.165) is 25.3 Å². The summed E-state index contributed by atoms with van der Waals surface area (Å²) in [6, 6.07) is 10.7. The normalized spacial score (nSPS) is 21.8. The third-order valence-corrected chi connectivity index (χ3v) is 2.43. The van der Waals surface area contributed by atoms with Gasteiger partial charge in [-0.05, 0) is 18.6 Å². The highest BCUT2D eigenvalue weighted by molar-refractivity contribution is 5.47. The van der Waals surface area contributed by atoms with Gasteiger partial charge in [-0.2, -0.15) is 0 Å². The largest absolute Gasteiger partial charge is 0.379 e. The Labute approximate surface area is 79.1 Å². The van der Waals surface area contributed by atoms with Gasteiger partial charge in [0.25, 0.3) is 0 Å². The van der Waals surface area contributed by atoms with Crippen molar-refractivity contribution in [3.63, 3.8) is 0 Å². The maximum absolute atomic E-state index is 5.32. The Morgan fingerprint density at radius 1 is 1.31 bits per heavy atom. The molecular weight excluding hydrogens is 162 g/mol. The Morgan fingerprint density at radius 2 is 2.08 bits per heavy atom. The molecule has 1 fully saturated rings. The minimum Gasteiger partial charge on any atom is -0.379 e. The molecule has 1 aliphatic heterocycles. The van der Waals surface area contributed by atoms with E-state index in [1.807, 2.05) is 23.1 Å². The van der Waals surface area contributed by atoms with E-state index >= 15 is 0 Å². The number of rotatable bonds is 2. The van der Waals surface area contributed by atoms with E-state index in [1.165, 1.54) is 0 Å². The first-order valence-corrected chi connectivity index (χ1v) is 4.60. The fraction of sp³-hybridized carbons (Fsp3) is 0.364. The van der Waals surface area contributed by atoms with Crippen LogP contribution in [0.2, 0.25) is 0 Å². The molecule has 1 unspecified atom stereocenters. The first-order chi connectivity index (χ1) is 6.38. The molecule has 13 heavy (non-hydrogen) atoms. The van der Waals surface area contributed by atoms with E-state index in [1.54, 1.807) is 0 Å². The fourth-order valence-electron chi connectivity index (χ4n) is 1.60. The summed E-state index contributed by atoms with van der Waals surface area (Å²) in [4.78, 5) is 2.05. The Hall–Kier alpha value is -1.02. The maximum atomic E-state index is 5.32. The number of anilines is 1. The standard InChI is InChI=1S/C11H14NO/c1-12(11-7-8-13-9-11)10-5-3-2-4-6-10/h2-6,11H,1,7-9H2. The molecule has 1 saturated heterocycles. The second-order valence-electron chi connectivity index (χ2n) is 3.32. The van der Waals surface area contributed by atoms with Gasteiger partial charge in [-0.1, -0.05) is 18.2 Å².